The van der Waals surface area contributed by atoms with Gasteiger partial charge in [-0.2, -0.15) is 0 Å². The van der Waals surface area contributed by atoms with E-state index in [0.717, 1.165) is 49.2 Å². The number of aromatic carboxylic acids is 1. The molecule has 2 N–H and O–H groups in total. The lowest BCUT2D eigenvalue weighted by molar-refractivity contribution is 0.0696. The molecule has 4 aromatic rings. The first-order chi connectivity index (χ1) is 19.5. The Bertz CT molecular complexity index is 1280. The second kappa shape index (κ2) is 17.1. The lowest BCUT2D eigenvalue weighted by Crippen LogP contribution is -2.02. The molecule has 1 aliphatic heterocycles. The molecule has 0 aromatic heterocycles. The van der Waals surface area contributed by atoms with E-state index in [9.17, 15) is 9.90 Å². The van der Waals surface area contributed by atoms with Crippen LogP contribution in [0.3, 0.4) is 0 Å². The summed E-state index contributed by atoms with van der Waals surface area (Å²) in [6.07, 6.45) is 6.20. The SMILES string of the molecule is C1CCOC1.CCc1ccc(Cc2ccccc2C(=O)O)cc1.CCc1ccc(Cc2ccccc2CO)cc1. The zero-order valence-corrected chi connectivity index (χ0v) is 23.8. The summed E-state index contributed by atoms with van der Waals surface area (Å²) in [7, 11) is 0. The van der Waals surface area contributed by atoms with Crippen molar-refractivity contribution in [1.29, 1.82) is 0 Å². The van der Waals surface area contributed by atoms with Crippen LogP contribution in [-0.4, -0.2) is 29.4 Å². The van der Waals surface area contributed by atoms with Crippen molar-refractivity contribution in [3.05, 3.63) is 142 Å². The van der Waals surface area contributed by atoms with Gasteiger partial charge in [-0.05, 0) is 83.5 Å². The summed E-state index contributed by atoms with van der Waals surface area (Å²) in [4.78, 5) is 11.1. The molecule has 1 saturated heterocycles. The molecule has 210 valence electrons. The molecule has 0 saturated carbocycles. The number of ether oxygens (including phenoxy) is 1. The number of carbonyl (C=O) groups is 1. The summed E-state index contributed by atoms with van der Waals surface area (Å²) in [5, 5.41) is 18.4. The van der Waals surface area contributed by atoms with Gasteiger partial charge in [-0.15, -0.1) is 0 Å². The Labute approximate surface area is 239 Å². The number of hydrogen-bond donors (Lipinski definition) is 2. The molecule has 0 bridgehead atoms. The highest BCUT2D eigenvalue weighted by molar-refractivity contribution is 5.89. The Morgan fingerprint density at radius 1 is 0.625 bits per heavy atom. The number of aliphatic hydroxyl groups is 1. The highest BCUT2D eigenvalue weighted by atomic mass is 16.5. The number of rotatable bonds is 8. The van der Waals surface area contributed by atoms with E-state index < -0.39 is 5.97 Å². The zero-order chi connectivity index (χ0) is 28.6. The molecule has 40 heavy (non-hydrogen) atoms. The Morgan fingerprint density at radius 2 is 1.05 bits per heavy atom. The fourth-order valence-electron chi connectivity index (χ4n) is 4.50. The van der Waals surface area contributed by atoms with Gasteiger partial charge in [-0.3, -0.25) is 0 Å². The van der Waals surface area contributed by atoms with Gasteiger partial charge in [0.05, 0.1) is 12.2 Å². The number of hydrogen-bond acceptors (Lipinski definition) is 3. The average molecular weight is 539 g/mol. The smallest absolute Gasteiger partial charge is 0.335 e. The van der Waals surface area contributed by atoms with Crippen LogP contribution >= 0.6 is 0 Å². The molecule has 0 radical (unpaired) electrons. The van der Waals surface area contributed by atoms with Crippen LogP contribution in [0.15, 0.2) is 97.1 Å². The molecule has 1 heterocycles. The van der Waals surface area contributed by atoms with Gasteiger partial charge in [0.2, 0.25) is 0 Å². The molecule has 0 amide bonds. The van der Waals surface area contributed by atoms with Gasteiger partial charge in [-0.1, -0.05) is 105 Å². The quantitative estimate of drug-likeness (QED) is 0.242. The van der Waals surface area contributed by atoms with Crippen LogP contribution in [0.4, 0.5) is 0 Å². The third-order valence-corrected chi connectivity index (χ3v) is 7.02. The van der Waals surface area contributed by atoms with Crippen LogP contribution in [0, 0.1) is 0 Å². The van der Waals surface area contributed by atoms with Crippen LogP contribution in [0.25, 0.3) is 0 Å². The van der Waals surface area contributed by atoms with E-state index in [0.29, 0.717) is 12.0 Å². The Morgan fingerprint density at radius 3 is 1.48 bits per heavy atom. The Kier molecular flexibility index (Phi) is 13.1. The largest absolute Gasteiger partial charge is 0.478 e. The normalized spacial score (nSPS) is 12.1. The molecule has 5 rings (SSSR count). The highest BCUT2D eigenvalue weighted by Gasteiger charge is 2.09. The number of aryl methyl sites for hydroxylation is 2. The lowest BCUT2D eigenvalue weighted by Gasteiger charge is -2.07. The van der Waals surface area contributed by atoms with Gasteiger partial charge in [0.1, 0.15) is 0 Å². The minimum absolute atomic E-state index is 0.114. The maximum atomic E-state index is 11.1. The van der Waals surface area contributed by atoms with E-state index in [1.165, 1.54) is 35.1 Å². The molecule has 4 aromatic carbocycles. The summed E-state index contributed by atoms with van der Waals surface area (Å²) in [6, 6.07) is 32.2. The Hall–Kier alpha value is -3.73. The first-order valence-electron chi connectivity index (χ1n) is 14.3. The third kappa shape index (κ3) is 10.1. The number of carboxylic acid groups (broad SMARTS) is 1. The molecular weight excluding hydrogens is 496 g/mol. The summed E-state index contributed by atoms with van der Waals surface area (Å²) in [5.74, 6) is -0.865. The van der Waals surface area contributed by atoms with Crippen molar-refractivity contribution in [2.45, 2.75) is 59.0 Å². The van der Waals surface area contributed by atoms with Crippen molar-refractivity contribution in [3.8, 4) is 0 Å². The van der Waals surface area contributed by atoms with E-state index in [-0.39, 0.29) is 6.61 Å². The summed E-state index contributed by atoms with van der Waals surface area (Å²) in [5.41, 5.74) is 8.57. The summed E-state index contributed by atoms with van der Waals surface area (Å²) < 4.78 is 4.94. The zero-order valence-electron chi connectivity index (χ0n) is 23.8. The van der Waals surface area contributed by atoms with Gasteiger partial charge < -0.3 is 14.9 Å². The number of benzene rings is 4. The van der Waals surface area contributed by atoms with E-state index >= 15 is 0 Å². The predicted octanol–water partition coefficient (Wildman–Crippen LogP) is 7.67. The molecular formula is C36H42O4. The molecule has 4 heteroatoms. The monoisotopic (exact) mass is 538 g/mol. The van der Waals surface area contributed by atoms with Crippen molar-refractivity contribution >= 4 is 5.97 Å². The number of carboxylic acids is 1. The van der Waals surface area contributed by atoms with Crippen molar-refractivity contribution in [1.82, 2.24) is 0 Å². The van der Waals surface area contributed by atoms with Gasteiger partial charge in [0, 0.05) is 13.2 Å². The summed E-state index contributed by atoms with van der Waals surface area (Å²) in [6.45, 7) is 6.40. The lowest BCUT2D eigenvalue weighted by atomic mass is 9.99. The minimum atomic E-state index is -0.865. The van der Waals surface area contributed by atoms with Crippen molar-refractivity contribution in [3.63, 3.8) is 0 Å². The maximum absolute atomic E-state index is 11.1. The van der Waals surface area contributed by atoms with Crippen molar-refractivity contribution < 1.29 is 19.7 Å². The average Bonchev–Trinajstić information content (AvgIpc) is 3.59. The fraction of sp³-hybridized carbons (Fsp3) is 0.306. The molecule has 0 spiro atoms. The van der Waals surface area contributed by atoms with Gasteiger partial charge in [0.15, 0.2) is 0 Å². The molecule has 0 aliphatic carbocycles. The van der Waals surface area contributed by atoms with Crippen molar-refractivity contribution in [2.75, 3.05) is 13.2 Å². The topological polar surface area (TPSA) is 66.8 Å². The van der Waals surface area contributed by atoms with E-state index in [1.807, 2.05) is 30.3 Å². The van der Waals surface area contributed by atoms with Crippen LogP contribution in [-0.2, 0) is 37.0 Å². The van der Waals surface area contributed by atoms with Crippen LogP contribution in [0.5, 0.6) is 0 Å². The van der Waals surface area contributed by atoms with Crippen molar-refractivity contribution in [2.24, 2.45) is 0 Å². The molecule has 0 unspecified atom stereocenters. The molecule has 4 nitrogen and oxygen atoms in total. The van der Waals surface area contributed by atoms with Crippen LogP contribution in [0.1, 0.15) is 76.0 Å². The minimum Gasteiger partial charge on any atom is -0.478 e. The second-order valence-electron chi connectivity index (χ2n) is 9.90. The fourth-order valence-corrected chi connectivity index (χ4v) is 4.50. The third-order valence-electron chi connectivity index (χ3n) is 7.02. The van der Waals surface area contributed by atoms with Gasteiger partial charge in [-0.25, -0.2) is 4.79 Å². The van der Waals surface area contributed by atoms with Gasteiger partial charge in [0.25, 0.3) is 0 Å². The van der Waals surface area contributed by atoms with E-state index in [1.54, 1.807) is 12.1 Å². The van der Waals surface area contributed by atoms with E-state index in [2.05, 4.69) is 68.4 Å². The first-order valence-corrected chi connectivity index (χ1v) is 14.3. The molecule has 0 atom stereocenters. The molecule has 1 aliphatic rings. The second-order valence-corrected chi connectivity index (χ2v) is 9.90. The number of aliphatic hydroxyl groups excluding tert-OH is 1. The standard InChI is InChI=1S/C16H16O2.C16H18O.C4H8O/c1-2-12-7-9-13(10-8-12)11-14-5-3-4-6-15(14)16(17)18;1-2-13-7-9-14(10-8-13)11-15-5-3-4-6-16(15)12-17;1-2-4-5-3-1/h3-10H,2,11H2,1H3,(H,17,18);3-10,17H,2,11-12H2,1H3;1-4H2. The molecule has 1 fully saturated rings. The maximum Gasteiger partial charge on any atom is 0.335 e. The highest BCUT2D eigenvalue weighted by Crippen LogP contribution is 2.16. The van der Waals surface area contributed by atoms with Crippen LogP contribution < -0.4 is 0 Å². The first kappa shape index (κ1) is 30.8. The Balaban J connectivity index is 0.000000188. The van der Waals surface area contributed by atoms with Gasteiger partial charge >= 0.3 is 5.97 Å². The van der Waals surface area contributed by atoms with E-state index in [4.69, 9.17) is 9.84 Å². The summed E-state index contributed by atoms with van der Waals surface area (Å²) >= 11 is 0. The predicted molar refractivity (Wildman–Crippen MR) is 163 cm³/mol. The van der Waals surface area contributed by atoms with Crippen LogP contribution in [0.2, 0.25) is 0 Å².